The lowest BCUT2D eigenvalue weighted by Gasteiger charge is -2.31. The van der Waals surface area contributed by atoms with Crippen LogP contribution in [0.1, 0.15) is 0 Å². The Balaban J connectivity index is 1.48. The van der Waals surface area contributed by atoms with Gasteiger partial charge in [-0.3, -0.25) is 19.4 Å². The summed E-state index contributed by atoms with van der Waals surface area (Å²) in [6.45, 7) is 4.19. The maximum absolute atomic E-state index is 12.4. The SMILES string of the molecule is CN1CCN(CC(=O)Nc2cc3cc(-c4cnn(C)c4)cnc3cn2)CC1. The van der Waals surface area contributed by atoms with Crippen LogP contribution in [0, 0.1) is 0 Å². The molecule has 27 heavy (non-hydrogen) atoms. The third kappa shape index (κ3) is 4.12. The predicted octanol–water partition coefficient (Wildman–Crippen LogP) is 1.22. The molecule has 0 saturated carbocycles. The second kappa shape index (κ2) is 7.42. The van der Waals surface area contributed by atoms with Crippen LogP contribution in [0.4, 0.5) is 5.82 Å². The molecule has 0 radical (unpaired) electrons. The molecule has 0 spiro atoms. The van der Waals surface area contributed by atoms with Crippen molar-refractivity contribution in [3.63, 3.8) is 0 Å². The fourth-order valence-corrected chi connectivity index (χ4v) is 3.22. The highest BCUT2D eigenvalue weighted by molar-refractivity contribution is 5.93. The fraction of sp³-hybridized carbons (Fsp3) is 0.368. The van der Waals surface area contributed by atoms with Gasteiger partial charge in [0.05, 0.1) is 24.5 Å². The number of likely N-dealkylation sites (N-methyl/N-ethyl adjacent to an activating group) is 1. The van der Waals surface area contributed by atoms with E-state index in [9.17, 15) is 4.79 Å². The van der Waals surface area contributed by atoms with Crippen molar-refractivity contribution in [2.75, 3.05) is 45.1 Å². The zero-order valence-electron chi connectivity index (χ0n) is 15.6. The van der Waals surface area contributed by atoms with E-state index in [1.807, 2.05) is 37.8 Å². The maximum Gasteiger partial charge on any atom is 0.239 e. The van der Waals surface area contributed by atoms with Crippen LogP contribution in [0.3, 0.4) is 0 Å². The molecule has 1 aliphatic heterocycles. The molecule has 4 rings (SSSR count). The normalized spacial score (nSPS) is 15.9. The molecule has 0 aliphatic carbocycles. The first-order chi connectivity index (χ1) is 13.1. The molecule has 1 fully saturated rings. The van der Waals surface area contributed by atoms with Gasteiger partial charge in [0.1, 0.15) is 5.82 Å². The molecular formula is C19H23N7O. The number of hydrogen-bond acceptors (Lipinski definition) is 6. The summed E-state index contributed by atoms with van der Waals surface area (Å²) in [5, 5.41) is 8.04. The number of pyridine rings is 2. The van der Waals surface area contributed by atoms with Gasteiger partial charge in [-0.25, -0.2) is 4.98 Å². The van der Waals surface area contributed by atoms with E-state index in [0.29, 0.717) is 12.4 Å². The van der Waals surface area contributed by atoms with Crippen LogP contribution < -0.4 is 5.32 Å². The van der Waals surface area contributed by atoms with Crippen molar-refractivity contribution in [3.8, 4) is 11.1 Å². The molecule has 1 amide bonds. The number of fused-ring (bicyclic) bond motifs is 1. The van der Waals surface area contributed by atoms with Crippen molar-refractivity contribution >= 4 is 22.6 Å². The van der Waals surface area contributed by atoms with Crippen molar-refractivity contribution in [2.45, 2.75) is 0 Å². The highest BCUT2D eigenvalue weighted by Crippen LogP contribution is 2.23. The smallest absolute Gasteiger partial charge is 0.239 e. The van der Waals surface area contributed by atoms with Gasteiger partial charge < -0.3 is 10.2 Å². The molecule has 0 aromatic carbocycles. The molecule has 140 valence electrons. The summed E-state index contributed by atoms with van der Waals surface area (Å²) in [6.07, 6.45) is 7.26. The van der Waals surface area contributed by atoms with E-state index < -0.39 is 0 Å². The first kappa shape index (κ1) is 17.6. The minimum Gasteiger partial charge on any atom is -0.310 e. The molecule has 0 atom stereocenters. The zero-order chi connectivity index (χ0) is 18.8. The summed E-state index contributed by atoms with van der Waals surface area (Å²) in [5.74, 6) is 0.509. The van der Waals surface area contributed by atoms with Gasteiger partial charge in [0.2, 0.25) is 5.91 Å². The largest absolute Gasteiger partial charge is 0.310 e. The third-order valence-corrected chi connectivity index (χ3v) is 4.84. The van der Waals surface area contributed by atoms with Crippen LogP contribution in [0.15, 0.2) is 36.9 Å². The first-order valence-electron chi connectivity index (χ1n) is 9.02. The summed E-state index contributed by atoms with van der Waals surface area (Å²) in [6, 6.07) is 3.90. The van der Waals surface area contributed by atoms with Gasteiger partial charge in [0.25, 0.3) is 0 Å². The molecule has 1 aliphatic rings. The maximum atomic E-state index is 12.4. The van der Waals surface area contributed by atoms with Gasteiger partial charge in [0.15, 0.2) is 0 Å². The van der Waals surface area contributed by atoms with E-state index in [1.165, 1.54) is 0 Å². The molecule has 8 heteroatoms. The number of anilines is 1. The monoisotopic (exact) mass is 365 g/mol. The van der Waals surface area contributed by atoms with E-state index in [0.717, 1.165) is 48.2 Å². The lowest BCUT2D eigenvalue weighted by atomic mass is 10.1. The molecule has 3 aromatic heterocycles. The van der Waals surface area contributed by atoms with Crippen molar-refractivity contribution in [3.05, 3.63) is 36.9 Å². The van der Waals surface area contributed by atoms with Crippen LogP contribution in [-0.4, -0.2) is 75.2 Å². The van der Waals surface area contributed by atoms with Crippen LogP contribution in [0.2, 0.25) is 0 Å². The van der Waals surface area contributed by atoms with Crippen LogP contribution in [0.25, 0.3) is 22.0 Å². The molecule has 3 aromatic rings. The van der Waals surface area contributed by atoms with Gasteiger partial charge in [0, 0.05) is 62.1 Å². The van der Waals surface area contributed by atoms with Crippen molar-refractivity contribution in [2.24, 2.45) is 7.05 Å². The number of hydrogen-bond donors (Lipinski definition) is 1. The summed E-state index contributed by atoms with van der Waals surface area (Å²) < 4.78 is 1.76. The Morgan fingerprint density at radius 3 is 2.59 bits per heavy atom. The van der Waals surface area contributed by atoms with Crippen molar-refractivity contribution in [1.82, 2.24) is 29.5 Å². The number of piperazine rings is 1. The quantitative estimate of drug-likeness (QED) is 0.749. The summed E-state index contributed by atoms with van der Waals surface area (Å²) in [4.78, 5) is 25.6. The minimum atomic E-state index is -0.0391. The van der Waals surface area contributed by atoms with Crippen LogP contribution in [0.5, 0.6) is 0 Å². The Kier molecular flexibility index (Phi) is 4.83. The Hall–Kier alpha value is -2.84. The number of nitrogens with one attached hydrogen (secondary N) is 1. The van der Waals surface area contributed by atoms with Gasteiger partial charge in [-0.15, -0.1) is 0 Å². The van der Waals surface area contributed by atoms with Crippen molar-refractivity contribution in [1.29, 1.82) is 0 Å². The van der Waals surface area contributed by atoms with Gasteiger partial charge in [-0.1, -0.05) is 0 Å². The molecule has 0 unspecified atom stereocenters. The molecule has 4 heterocycles. The van der Waals surface area contributed by atoms with E-state index >= 15 is 0 Å². The lowest BCUT2D eigenvalue weighted by Crippen LogP contribution is -2.47. The number of aryl methyl sites for hydroxylation is 1. The predicted molar refractivity (Wildman–Crippen MR) is 104 cm³/mol. The number of nitrogens with zero attached hydrogens (tertiary/aromatic N) is 6. The van der Waals surface area contributed by atoms with Crippen molar-refractivity contribution < 1.29 is 4.79 Å². The summed E-state index contributed by atoms with van der Waals surface area (Å²) in [5.41, 5.74) is 2.78. The molecule has 0 bridgehead atoms. The highest BCUT2D eigenvalue weighted by atomic mass is 16.2. The molecular weight excluding hydrogens is 342 g/mol. The second-order valence-electron chi connectivity index (χ2n) is 7.02. The average molecular weight is 365 g/mol. The van der Waals surface area contributed by atoms with Gasteiger partial charge >= 0.3 is 0 Å². The van der Waals surface area contributed by atoms with E-state index in [1.54, 1.807) is 10.9 Å². The minimum absolute atomic E-state index is 0.0391. The Labute approximate surface area is 157 Å². The number of rotatable bonds is 4. The lowest BCUT2D eigenvalue weighted by molar-refractivity contribution is -0.117. The number of carbonyl (C=O) groups is 1. The highest BCUT2D eigenvalue weighted by Gasteiger charge is 2.17. The summed E-state index contributed by atoms with van der Waals surface area (Å²) >= 11 is 0. The number of aromatic nitrogens is 4. The molecule has 1 N–H and O–H groups in total. The Bertz CT molecular complexity index is 960. The standard InChI is InChI=1S/C19H23N7O/c1-24-3-5-26(6-4-24)13-19(27)23-18-8-14-7-15(9-20-17(14)11-21-18)16-10-22-25(2)12-16/h7-12H,3-6,13H2,1-2H3,(H,21,23,27). The number of amides is 1. The second-order valence-corrected chi connectivity index (χ2v) is 7.02. The van der Waals surface area contributed by atoms with Crippen LogP contribution in [-0.2, 0) is 11.8 Å². The van der Waals surface area contributed by atoms with E-state index in [-0.39, 0.29) is 5.91 Å². The number of carbonyl (C=O) groups excluding carboxylic acids is 1. The van der Waals surface area contributed by atoms with Crippen LogP contribution >= 0.6 is 0 Å². The topological polar surface area (TPSA) is 79.2 Å². The fourth-order valence-electron chi connectivity index (χ4n) is 3.22. The van der Waals surface area contributed by atoms with E-state index in [2.05, 4.69) is 37.2 Å². The molecule has 8 nitrogen and oxygen atoms in total. The van der Waals surface area contributed by atoms with Gasteiger partial charge in [-0.05, 0) is 19.2 Å². The summed E-state index contributed by atoms with van der Waals surface area (Å²) in [7, 11) is 3.99. The first-order valence-corrected chi connectivity index (χ1v) is 9.02. The van der Waals surface area contributed by atoms with Gasteiger partial charge in [-0.2, -0.15) is 5.10 Å². The Morgan fingerprint density at radius 2 is 1.85 bits per heavy atom. The third-order valence-electron chi connectivity index (χ3n) is 4.84. The average Bonchev–Trinajstić information content (AvgIpc) is 3.09. The van der Waals surface area contributed by atoms with E-state index in [4.69, 9.17) is 0 Å². The molecule has 1 saturated heterocycles. The zero-order valence-corrected chi connectivity index (χ0v) is 15.6. The Morgan fingerprint density at radius 1 is 1.04 bits per heavy atom.